The fourth-order valence-electron chi connectivity index (χ4n) is 4.38. The van der Waals surface area contributed by atoms with Crippen LogP contribution in [0.3, 0.4) is 0 Å². The van der Waals surface area contributed by atoms with Crippen LogP contribution in [-0.4, -0.2) is 19.2 Å². The normalized spacial score (nSPS) is 11.6. The standard InChI is InChI=1S/C23H28N4.ClH/c1-13(2)12-26-9-8-19-17(6)24-22-21(18(7)25-27(22)23(19)26)20-15(4)10-14(3)11-16(20)5;/h8-11,13H,12H2,1-7H3;1H. The predicted octanol–water partition coefficient (Wildman–Crippen LogP) is 5.97. The molecule has 0 aliphatic rings. The number of aryl methyl sites for hydroxylation is 5. The van der Waals surface area contributed by atoms with E-state index in [1.54, 1.807) is 0 Å². The lowest BCUT2D eigenvalue weighted by molar-refractivity contribution is 0.530. The second-order valence-electron chi connectivity index (χ2n) is 8.27. The van der Waals surface area contributed by atoms with E-state index in [-0.39, 0.29) is 12.4 Å². The highest BCUT2D eigenvalue weighted by Gasteiger charge is 2.21. The molecule has 0 amide bonds. The van der Waals surface area contributed by atoms with Gasteiger partial charge < -0.3 is 4.57 Å². The molecule has 0 spiro atoms. The van der Waals surface area contributed by atoms with Crippen LogP contribution in [0.25, 0.3) is 27.8 Å². The minimum absolute atomic E-state index is 0. The predicted molar refractivity (Wildman–Crippen MR) is 120 cm³/mol. The van der Waals surface area contributed by atoms with Crippen molar-refractivity contribution in [3.63, 3.8) is 0 Å². The Bertz CT molecular complexity index is 1160. The Balaban J connectivity index is 0.00000225. The molecule has 0 aliphatic carbocycles. The van der Waals surface area contributed by atoms with Crippen LogP contribution in [0.15, 0.2) is 24.4 Å². The highest BCUT2D eigenvalue weighted by molar-refractivity contribution is 5.89. The molecule has 4 rings (SSSR count). The highest BCUT2D eigenvalue weighted by Crippen LogP contribution is 2.35. The Labute approximate surface area is 173 Å². The summed E-state index contributed by atoms with van der Waals surface area (Å²) in [6.07, 6.45) is 2.16. The molecule has 28 heavy (non-hydrogen) atoms. The van der Waals surface area contributed by atoms with Gasteiger partial charge >= 0.3 is 0 Å². The fraction of sp³-hybridized carbons (Fsp3) is 0.391. The molecular formula is C23H29ClN4. The minimum Gasteiger partial charge on any atom is -0.332 e. The van der Waals surface area contributed by atoms with Gasteiger partial charge in [-0.3, -0.25) is 0 Å². The second-order valence-corrected chi connectivity index (χ2v) is 8.27. The van der Waals surface area contributed by atoms with Crippen LogP contribution >= 0.6 is 12.4 Å². The molecule has 0 aliphatic heterocycles. The van der Waals surface area contributed by atoms with Gasteiger partial charge in [-0.05, 0) is 63.3 Å². The van der Waals surface area contributed by atoms with Crippen molar-refractivity contribution in [2.75, 3.05) is 0 Å². The van der Waals surface area contributed by atoms with Gasteiger partial charge in [-0.2, -0.15) is 9.61 Å². The first-order valence-electron chi connectivity index (χ1n) is 9.71. The molecule has 0 bridgehead atoms. The van der Waals surface area contributed by atoms with Crippen molar-refractivity contribution in [1.29, 1.82) is 0 Å². The number of hydrogen-bond donors (Lipinski definition) is 0. The van der Waals surface area contributed by atoms with E-state index in [4.69, 9.17) is 10.1 Å². The van der Waals surface area contributed by atoms with Gasteiger partial charge in [0.1, 0.15) is 5.65 Å². The van der Waals surface area contributed by atoms with Crippen LogP contribution < -0.4 is 0 Å². The lowest BCUT2D eigenvalue weighted by Crippen LogP contribution is -2.07. The largest absolute Gasteiger partial charge is 0.332 e. The van der Waals surface area contributed by atoms with E-state index >= 15 is 0 Å². The van der Waals surface area contributed by atoms with E-state index in [1.165, 1.54) is 27.6 Å². The zero-order valence-electron chi connectivity index (χ0n) is 17.8. The van der Waals surface area contributed by atoms with Gasteiger partial charge in [0.15, 0.2) is 5.65 Å². The van der Waals surface area contributed by atoms with E-state index in [0.717, 1.165) is 34.8 Å². The lowest BCUT2D eigenvalue weighted by atomic mass is 9.94. The van der Waals surface area contributed by atoms with Gasteiger partial charge in [-0.15, -0.1) is 12.4 Å². The summed E-state index contributed by atoms with van der Waals surface area (Å²) < 4.78 is 4.36. The second kappa shape index (κ2) is 7.25. The van der Waals surface area contributed by atoms with Crippen LogP contribution in [0.4, 0.5) is 0 Å². The highest BCUT2D eigenvalue weighted by atomic mass is 35.5. The van der Waals surface area contributed by atoms with E-state index in [1.807, 2.05) is 4.52 Å². The molecule has 3 heterocycles. The molecule has 0 radical (unpaired) electrons. The molecule has 1 aromatic carbocycles. The van der Waals surface area contributed by atoms with Crippen LogP contribution in [0, 0.1) is 40.5 Å². The fourth-order valence-corrected chi connectivity index (χ4v) is 4.38. The minimum atomic E-state index is 0. The Morgan fingerprint density at radius 2 is 1.57 bits per heavy atom. The summed E-state index contributed by atoms with van der Waals surface area (Å²) in [4.78, 5) is 4.99. The number of halogens is 1. The molecule has 4 aromatic rings. The third-order valence-corrected chi connectivity index (χ3v) is 5.32. The zero-order valence-corrected chi connectivity index (χ0v) is 18.6. The molecule has 0 atom stereocenters. The maximum Gasteiger partial charge on any atom is 0.165 e. The van der Waals surface area contributed by atoms with Crippen molar-refractivity contribution in [2.24, 2.45) is 5.92 Å². The number of fused-ring (bicyclic) bond motifs is 3. The average Bonchev–Trinajstić information content (AvgIpc) is 3.09. The third kappa shape index (κ3) is 3.10. The van der Waals surface area contributed by atoms with Gasteiger partial charge in [0.2, 0.25) is 0 Å². The molecular weight excluding hydrogens is 368 g/mol. The average molecular weight is 397 g/mol. The van der Waals surface area contributed by atoms with Gasteiger partial charge in [0, 0.05) is 18.1 Å². The molecule has 5 heteroatoms. The Morgan fingerprint density at radius 3 is 2.18 bits per heavy atom. The number of benzene rings is 1. The third-order valence-electron chi connectivity index (χ3n) is 5.32. The van der Waals surface area contributed by atoms with Gasteiger partial charge in [-0.1, -0.05) is 31.5 Å². The van der Waals surface area contributed by atoms with E-state index < -0.39 is 0 Å². The van der Waals surface area contributed by atoms with Crippen LogP contribution in [0.2, 0.25) is 0 Å². The molecule has 0 saturated carbocycles. The van der Waals surface area contributed by atoms with Crippen molar-refractivity contribution in [3.8, 4) is 11.1 Å². The quantitative estimate of drug-likeness (QED) is 0.427. The maximum atomic E-state index is 4.99. The smallest absolute Gasteiger partial charge is 0.165 e. The molecule has 0 fully saturated rings. The molecule has 4 nitrogen and oxygen atoms in total. The summed E-state index contributed by atoms with van der Waals surface area (Å²) in [6, 6.07) is 6.66. The molecule has 148 valence electrons. The number of rotatable bonds is 3. The first-order valence-corrected chi connectivity index (χ1v) is 9.71. The number of aromatic nitrogens is 4. The van der Waals surface area contributed by atoms with E-state index in [0.29, 0.717) is 5.92 Å². The Hall–Kier alpha value is -2.33. The van der Waals surface area contributed by atoms with Gasteiger partial charge in [0.05, 0.1) is 17.0 Å². The van der Waals surface area contributed by atoms with Crippen molar-refractivity contribution in [1.82, 2.24) is 19.2 Å². The number of nitrogens with zero attached hydrogens (tertiary/aromatic N) is 4. The van der Waals surface area contributed by atoms with E-state index in [9.17, 15) is 0 Å². The molecule has 0 saturated heterocycles. The maximum absolute atomic E-state index is 4.99. The summed E-state index contributed by atoms with van der Waals surface area (Å²) in [7, 11) is 0. The SMILES string of the molecule is Cc1cc(C)c(-c2c(C)nn3c2nc(C)c2ccn(CC(C)C)c23)c(C)c1.Cl. The zero-order chi connectivity index (χ0) is 19.5. The molecule has 3 aromatic heterocycles. The summed E-state index contributed by atoms with van der Waals surface area (Å²) in [5, 5.41) is 6.11. The van der Waals surface area contributed by atoms with Gasteiger partial charge in [0.25, 0.3) is 0 Å². The first-order chi connectivity index (χ1) is 12.8. The monoisotopic (exact) mass is 396 g/mol. The van der Waals surface area contributed by atoms with Gasteiger partial charge in [-0.25, -0.2) is 4.98 Å². The summed E-state index contributed by atoms with van der Waals surface area (Å²) >= 11 is 0. The van der Waals surface area contributed by atoms with Crippen molar-refractivity contribution < 1.29 is 0 Å². The topological polar surface area (TPSA) is 35.1 Å². The van der Waals surface area contributed by atoms with Crippen molar-refractivity contribution in [2.45, 2.75) is 55.0 Å². The lowest BCUT2D eigenvalue weighted by Gasteiger charge is -2.12. The summed E-state index contributed by atoms with van der Waals surface area (Å²) in [6.45, 7) is 16.2. The summed E-state index contributed by atoms with van der Waals surface area (Å²) in [5.74, 6) is 0.571. The van der Waals surface area contributed by atoms with Crippen molar-refractivity contribution >= 4 is 29.1 Å². The Morgan fingerprint density at radius 1 is 0.929 bits per heavy atom. The molecule has 0 N–H and O–H groups in total. The van der Waals surface area contributed by atoms with Crippen LogP contribution in [0.1, 0.15) is 41.9 Å². The summed E-state index contributed by atoms with van der Waals surface area (Å²) in [5.41, 5.74) is 10.5. The van der Waals surface area contributed by atoms with E-state index in [2.05, 4.69) is 77.4 Å². The van der Waals surface area contributed by atoms with Crippen LogP contribution in [0.5, 0.6) is 0 Å². The Kier molecular flexibility index (Phi) is 5.28. The van der Waals surface area contributed by atoms with Crippen molar-refractivity contribution in [3.05, 3.63) is 52.5 Å². The molecule has 0 unspecified atom stereocenters. The van der Waals surface area contributed by atoms with Crippen LogP contribution in [-0.2, 0) is 6.54 Å². The first kappa shape index (κ1) is 20.4. The number of hydrogen-bond acceptors (Lipinski definition) is 2.